The minimum atomic E-state index is 0.362. The minimum absolute atomic E-state index is 0.362. The van der Waals surface area contributed by atoms with Gasteiger partial charge in [-0.25, -0.2) is 4.68 Å². The number of halogens is 2. The summed E-state index contributed by atoms with van der Waals surface area (Å²) in [6.45, 7) is 0. The van der Waals surface area contributed by atoms with Crippen molar-refractivity contribution < 1.29 is 4.79 Å². The lowest BCUT2D eigenvalue weighted by atomic mass is 10.3. The third-order valence-electron chi connectivity index (χ3n) is 1.89. The Morgan fingerprint density at radius 3 is 2.67 bits per heavy atom. The molecule has 1 aromatic heterocycles. The third kappa shape index (κ3) is 2.03. The molecule has 0 aliphatic heterocycles. The molecule has 2 aromatic rings. The molecule has 0 saturated carbocycles. The van der Waals surface area contributed by atoms with Crippen LogP contribution in [-0.2, 0) is 0 Å². The molecule has 0 bridgehead atoms. The Morgan fingerprint density at radius 1 is 1.27 bits per heavy atom. The zero-order valence-corrected chi connectivity index (χ0v) is 9.03. The van der Waals surface area contributed by atoms with Crippen molar-refractivity contribution in [3.8, 4) is 5.69 Å². The Labute approximate surface area is 96.2 Å². The number of hydrogen-bond acceptors (Lipinski definition) is 2. The lowest BCUT2D eigenvalue weighted by Crippen LogP contribution is -1.96. The fourth-order valence-electron chi connectivity index (χ4n) is 1.20. The SMILES string of the molecule is O=Cc1ccn(-c2ccc(Cl)cc2Cl)n1. The Kier molecular flexibility index (Phi) is 2.75. The van der Waals surface area contributed by atoms with E-state index in [2.05, 4.69) is 5.10 Å². The van der Waals surface area contributed by atoms with Gasteiger partial charge in [0, 0.05) is 11.2 Å². The summed E-state index contributed by atoms with van der Waals surface area (Å²) in [7, 11) is 0. The molecule has 0 spiro atoms. The molecule has 3 nitrogen and oxygen atoms in total. The first-order valence-corrected chi connectivity index (χ1v) is 4.92. The van der Waals surface area contributed by atoms with Crippen LogP contribution in [0.5, 0.6) is 0 Å². The number of carbonyl (C=O) groups excluding carboxylic acids is 1. The van der Waals surface area contributed by atoms with Gasteiger partial charge in [0.25, 0.3) is 0 Å². The number of nitrogens with zero attached hydrogens (tertiary/aromatic N) is 2. The van der Waals surface area contributed by atoms with E-state index in [-0.39, 0.29) is 0 Å². The van der Waals surface area contributed by atoms with E-state index < -0.39 is 0 Å². The Hall–Kier alpha value is -1.32. The van der Waals surface area contributed by atoms with Gasteiger partial charge < -0.3 is 0 Å². The van der Waals surface area contributed by atoms with Gasteiger partial charge >= 0.3 is 0 Å². The number of carbonyl (C=O) groups is 1. The average molecular weight is 241 g/mol. The lowest BCUT2D eigenvalue weighted by molar-refractivity contribution is 0.111. The molecular formula is C10H6Cl2N2O. The summed E-state index contributed by atoms with van der Waals surface area (Å²) in [5, 5.41) is 5.06. The topological polar surface area (TPSA) is 34.9 Å². The van der Waals surface area contributed by atoms with Crippen molar-refractivity contribution in [3.63, 3.8) is 0 Å². The predicted octanol–water partition coefficient (Wildman–Crippen LogP) is 2.99. The van der Waals surface area contributed by atoms with E-state index in [1.54, 1.807) is 30.5 Å². The zero-order valence-electron chi connectivity index (χ0n) is 7.52. The number of benzene rings is 1. The van der Waals surface area contributed by atoms with Crippen LogP contribution in [0.15, 0.2) is 30.5 Å². The van der Waals surface area contributed by atoms with Crippen molar-refractivity contribution in [3.05, 3.63) is 46.2 Å². The van der Waals surface area contributed by atoms with Gasteiger partial charge in [-0.15, -0.1) is 0 Å². The Balaban J connectivity index is 2.49. The van der Waals surface area contributed by atoms with Gasteiger partial charge in [-0.3, -0.25) is 4.79 Å². The van der Waals surface area contributed by atoms with Crippen molar-refractivity contribution in [2.75, 3.05) is 0 Å². The highest BCUT2D eigenvalue weighted by Gasteiger charge is 2.05. The molecule has 76 valence electrons. The monoisotopic (exact) mass is 240 g/mol. The summed E-state index contributed by atoms with van der Waals surface area (Å²) in [5.41, 5.74) is 1.05. The second-order valence-corrected chi connectivity index (χ2v) is 3.74. The van der Waals surface area contributed by atoms with E-state index in [0.717, 1.165) is 0 Å². The maximum Gasteiger partial charge on any atom is 0.170 e. The lowest BCUT2D eigenvalue weighted by Gasteiger charge is -2.03. The molecule has 0 radical (unpaired) electrons. The predicted molar refractivity (Wildman–Crippen MR) is 59.0 cm³/mol. The van der Waals surface area contributed by atoms with Crippen LogP contribution < -0.4 is 0 Å². The molecule has 2 rings (SSSR count). The third-order valence-corrected chi connectivity index (χ3v) is 2.42. The van der Waals surface area contributed by atoms with E-state index in [1.807, 2.05) is 0 Å². The van der Waals surface area contributed by atoms with E-state index in [0.29, 0.717) is 27.7 Å². The highest BCUT2D eigenvalue weighted by atomic mass is 35.5. The molecule has 0 aliphatic carbocycles. The van der Waals surface area contributed by atoms with Gasteiger partial charge in [0.2, 0.25) is 0 Å². The molecule has 1 heterocycles. The van der Waals surface area contributed by atoms with Gasteiger partial charge in [0.1, 0.15) is 5.69 Å². The highest BCUT2D eigenvalue weighted by molar-refractivity contribution is 6.35. The van der Waals surface area contributed by atoms with Crippen LogP contribution in [0.4, 0.5) is 0 Å². The largest absolute Gasteiger partial charge is 0.296 e. The highest BCUT2D eigenvalue weighted by Crippen LogP contribution is 2.23. The molecule has 1 aromatic carbocycles. The average Bonchev–Trinajstić information content (AvgIpc) is 2.66. The number of rotatable bonds is 2. The maximum absolute atomic E-state index is 10.5. The number of hydrogen-bond donors (Lipinski definition) is 0. The molecule has 5 heteroatoms. The Bertz CT molecular complexity index is 508. The fourth-order valence-corrected chi connectivity index (χ4v) is 1.70. The normalized spacial score (nSPS) is 10.3. The first-order valence-electron chi connectivity index (χ1n) is 4.17. The van der Waals surface area contributed by atoms with E-state index in [1.165, 1.54) is 4.68 Å². The molecule has 0 saturated heterocycles. The Morgan fingerprint density at radius 2 is 2.07 bits per heavy atom. The van der Waals surface area contributed by atoms with Gasteiger partial charge in [-0.1, -0.05) is 23.2 Å². The summed E-state index contributed by atoms with van der Waals surface area (Å²) in [5.74, 6) is 0. The second kappa shape index (κ2) is 4.04. The molecule has 0 N–H and O–H groups in total. The number of aromatic nitrogens is 2. The van der Waals surface area contributed by atoms with Crippen molar-refractivity contribution in [2.45, 2.75) is 0 Å². The van der Waals surface area contributed by atoms with Crippen molar-refractivity contribution in [1.82, 2.24) is 9.78 Å². The molecule has 0 atom stereocenters. The summed E-state index contributed by atoms with van der Waals surface area (Å²) in [6.07, 6.45) is 2.35. The van der Waals surface area contributed by atoms with Crippen LogP contribution in [0.2, 0.25) is 10.0 Å². The smallest absolute Gasteiger partial charge is 0.170 e. The number of aldehydes is 1. The second-order valence-electron chi connectivity index (χ2n) is 2.90. The van der Waals surface area contributed by atoms with Gasteiger partial charge in [0.05, 0.1) is 10.7 Å². The van der Waals surface area contributed by atoms with Crippen molar-refractivity contribution in [1.29, 1.82) is 0 Å². The quantitative estimate of drug-likeness (QED) is 0.757. The molecule has 15 heavy (non-hydrogen) atoms. The van der Waals surface area contributed by atoms with Crippen LogP contribution in [0.1, 0.15) is 10.5 Å². The summed E-state index contributed by atoms with van der Waals surface area (Å²) >= 11 is 11.7. The van der Waals surface area contributed by atoms with Crippen LogP contribution in [0.3, 0.4) is 0 Å². The molecule has 0 unspecified atom stereocenters. The van der Waals surface area contributed by atoms with Gasteiger partial charge in [-0.2, -0.15) is 5.10 Å². The molecular weight excluding hydrogens is 235 g/mol. The maximum atomic E-state index is 10.5. The zero-order chi connectivity index (χ0) is 10.8. The first kappa shape index (κ1) is 10.2. The van der Waals surface area contributed by atoms with Gasteiger partial charge in [-0.05, 0) is 24.3 Å². The minimum Gasteiger partial charge on any atom is -0.296 e. The first-order chi connectivity index (χ1) is 7.20. The molecule has 0 fully saturated rings. The van der Waals surface area contributed by atoms with Crippen LogP contribution in [0.25, 0.3) is 5.69 Å². The fraction of sp³-hybridized carbons (Fsp3) is 0. The van der Waals surface area contributed by atoms with Crippen molar-refractivity contribution in [2.24, 2.45) is 0 Å². The van der Waals surface area contributed by atoms with E-state index in [4.69, 9.17) is 23.2 Å². The van der Waals surface area contributed by atoms with Crippen molar-refractivity contribution >= 4 is 29.5 Å². The summed E-state index contributed by atoms with van der Waals surface area (Å²) in [4.78, 5) is 10.5. The standard InChI is InChI=1S/C10H6Cl2N2O/c11-7-1-2-10(9(12)5-7)14-4-3-8(6-15)13-14/h1-6H. The van der Waals surface area contributed by atoms with Crippen LogP contribution in [-0.4, -0.2) is 16.1 Å². The van der Waals surface area contributed by atoms with E-state index in [9.17, 15) is 4.79 Å². The van der Waals surface area contributed by atoms with E-state index >= 15 is 0 Å². The summed E-state index contributed by atoms with van der Waals surface area (Å²) < 4.78 is 1.53. The molecule has 0 amide bonds. The molecule has 0 aliphatic rings. The summed E-state index contributed by atoms with van der Waals surface area (Å²) in [6, 6.07) is 6.69. The van der Waals surface area contributed by atoms with Gasteiger partial charge in [0.15, 0.2) is 6.29 Å². The van der Waals surface area contributed by atoms with Crippen LogP contribution >= 0.6 is 23.2 Å². The van der Waals surface area contributed by atoms with Crippen LogP contribution in [0, 0.1) is 0 Å².